The van der Waals surface area contributed by atoms with Gasteiger partial charge in [-0.2, -0.15) is 5.10 Å². The van der Waals surface area contributed by atoms with Gasteiger partial charge in [0.25, 0.3) is 0 Å². The Balaban J connectivity index is 1.81. The van der Waals surface area contributed by atoms with E-state index in [4.69, 9.17) is 9.47 Å². The maximum Gasteiger partial charge on any atom is 0.148 e. The molecule has 0 aliphatic carbocycles. The second-order valence-electron chi connectivity index (χ2n) is 5.36. The lowest BCUT2D eigenvalue weighted by atomic mass is 10.1. The van der Waals surface area contributed by atoms with Crippen LogP contribution in [-0.2, 0) is 20.0 Å². The third kappa shape index (κ3) is 2.96. The normalized spacial score (nSPS) is 16.4. The Labute approximate surface area is 124 Å². The van der Waals surface area contributed by atoms with E-state index in [1.54, 1.807) is 4.68 Å². The molecule has 5 heteroatoms. The van der Waals surface area contributed by atoms with Gasteiger partial charge in [0.05, 0.1) is 6.61 Å². The lowest BCUT2D eigenvalue weighted by molar-refractivity contribution is 0.254. The number of benzene rings is 1. The minimum atomic E-state index is 0.244. The maximum atomic E-state index is 5.83. The number of rotatable bonds is 5. The molecule has 3 rings (SSSR count). The van der Waals surface area contributed by atoms with E-state index in [0.29, 0.717) is 13.2 Å². The van der Waals surface area contributed by atoms with Crippen LogP contribution in [0.2, 0.25) is 0 Å². The second kappa shape index (κ2) is 5.68. The zero-order valence-electron chi connectivity index (χ0n) is 12.7. The predicted octanol–water partition coefficient (Wildman–Crippen LogP) is 2.75. The summed E-state index contributed by atoms with van der Waals surface area (Å²) in [4.78, 5) is 0. The van der Waals surface area contributed by atoms with E-state index in [1.165, 1.54) is 5.56 Å². The summed E-state index contributed by atoms with van der Waals surface area (Å²) in [5.41, 5.74) is 2.32. The average molecular weight is 287 g/mol. The fourth-order valence-electron chi connectivity index (χ4n) is 2.60. The largest absolute Gasteiger partial charge is 0.494 e. The van der Waals surface area contributed by atoms with E-state index < -0.39 is 0 Å². The van der Waals surface area contributed by atoms with Crippen molar-refractivity contribution in [3.8, 4) is 11.5 Å². The first-order valence-electron chi connectivity index (χ1n) is 7.34. The highest BCUT2D eigenvalue weighted by molar-refractivity contribution is 5.50. The van der Waals surface area contributed by atoms with Crippen LogP contribution in [0.15, 0.2) is 24.4 Å². The molecule has 112 valence electrons. The minimum Gasteiger partial charge on any atom is -0.494 e. The molecule has 0 radical (unpaired) electrons. The molecule has 0 saturated carbocycles. The van der Waals surface area contributed by atoms with E-state index in [2.05, 4.69) is 29.5 Å². The zero-order chi connectivity index (χ0) is 14.8. The Hall–Kier alpha value is -2.17. The molecule has 0 amide bonds. The van der Waals surface area contributed by atoms with E-state index in [0.717, 1.165) is 29.3 Å². The Bertz CT molecular complexity index is 636. The van der Waals surface area contributed by atoms with Crippen LogP contribution in [0, 0.1) is 0 Å². The number of nitrogens with one attached hydrogen (secondary N) is 1. The van der Waals surface area contributed by atoms with Crippen LogP contribution in [0.3, 0.4) is 0 Å². The SMILES string of the molecule is CCOc1cc2c(cc1CNc1ccn(C)n1)OC(C)C2. The Morgan fingerprint density at radius 3 is 3.05 bits per heavy atom. The van der Waals surface area contributed by atoms with Gasteiger partial charge in [-0.15, -0.1) is 0 Å². The number of hydrogen-bond acceptors (Lipinski definition) is 4. The summed E-state index contributed by atoms with van der Waals surface area (Å²) in [7, 11) is 1.90. The van der Waals surface area contributed by atoms with Gasteiger partial charge >= 0.3 is 0 Å². The summed E-state index contributed by atoms with van der Waals surface area (Å²) in [6.45, 7) is 5.41. The van der Waals surface area contributed by atoms with Crippen LogP contribution in [-0.4, -0.2) is 22.5 Å². The van der Waals surface area contributed by atoms with Crippen molar-refractivity contribution in [3.63, 3.8) is 0 Å². The quantitative estimate of drug-likeness (QED) is 0.918. The Morgan fingerprint density at radius 1 is 1.48 bits per heavy atom. The standard InChI is InChI=1S/C16H21N3O2/c1-4-20-14-8-12-7-11(2)21-15(12)9-13(14)10-17-16-5-6-19(3)18-16/h5-6,8-9,11H,4,7,10H2,1-3H3,(H,17,18). The van der Waals surface area contributed by atoms with E-state index in [9.17, 15) is 0 Å². The van der Waals surface area contributed by atoms with Crippen LogP contribution < -0.4 is 14.8 Å². The third-order valence-electron chi connectivity index (χ3n) is 3.55. The first-order valence-corrected chi connectivity index (χ1v) is 7.34. The summed E-state index contributed by atoms with van der Waals surface area (Å²) < 4.78 is 13.4. The molecule has 0 fully saturated rings. The summed E-state index contributed by atoms with van der Waals surface area (Å²) >= 11 is 0. The van der Waals surface area contributed by atoms with Gasteiger partial charge in [-0.05, 0) is 26.0 Å². The van der Waals surface area contributed by atoms with Crippen molar-refractivity contribution in [2.75, 3.05) is 11.9 Å². The molecule has 2 aromatic rings. The second-order valence-corrected chi connectivity index (χ2v) is 5.36. The van der Waals surface area contributed by atoms with Gasteiger partial charge in [0, 0.05) is 43.4 Å². The molecule has 1 aliphatic rings. The smallest absolute Gasteiger partial charge is 0.148 e. The van der Waals surface area contributed by atoms with Gasteiger partial charge in [-0.3, -0.25) is 4.68 Å². The highest BCUT2D eigenvalue weighted by atomic mass is 16.5. The molecule has 1 aromatic heterocycles. The fraction of sp³-hybridized carbons (Fsp3) is 0.438. The molecule has 1 atom stereocenters. The number of fused-ring (bicyclic) bond motifs is 1. The maximum absolute atomic E-state index is 5.83. The highest BCUT2D eigenvalue weighted by Crippen LogP contribution is 2.35. The van der Waals surface area contributed by atoms with Crippen molar-refractivity contribution in [2.24, 2.45) is 7.05 Å². The number of aryl methyl sites for hydroxylation is 1. The first kappa shape index (κ1) is 13.8. The van der Waals surface area contributed by atoms with E-state index >= 15 is 0 Å². The van der Waals surface area contributed by atoms with Gasteiger partial charge in [0.2, 0.25) is 0 Å². The summed E-state index contributed by atoms with van der Waals surface area (Å²) in [6, 6.07) is 6.14. The van der Waals surface area contributed by atoms with Gasteiger partial charge in [0.1, 0.15) is 23.4 Å². The molecule has 1 aliphatic heterocycles. The van der Waals surface area contributed by atoms with Crippen LogP contribution >= 0.6 is 0 Å². The lowest BCUT2D eigenvalue weighted by Gasteiger charge is -2.13. The fourth-order valence-corrected chi connectivity index (χ4v) is 2.60. The van der Waals surface area contributed by atoms with Gasteiger partial charge < -0.3 is 14.8 Å². The number of aromatic nitrogens is 2. The molecule has 0 spiro atoms. The first-order chi connectivity index (χ1) is 10.2. The highest BCUT2D eigenvalue weighted by Gasteiger charge is 2.21. The predicted molar refractivity (Wildman–Crippen MR) is 81.9 cm³/mol. The van der Waals surface area contributed by atoms with Crippen molar-refractivity contribution < 1.29 is 9.47 Å². The number of nitrogens with zero attached hydrogens (tertiary/aromatic N) is 2. The molecule has 0 bridgehead atoms. The number of hydrogen-bond donors (Lipinski definition) is 1. The topological polar surface area (TPSA) is 48.3 Å². The Kier molecular flexibility index (Phi) is 3.73. The molecule has 21 heavy (non-hydrogen) atoms. The summed E-state index contributed by atoms with van der Waals surface area (Å²) in [5.74, 6) is 2.76. The zero-order valence-corrected chi connectivity index (χ0v) is 12.7. The summed E-state index contributed by atoms with van der Waals surface area (Å²) in [5, 5.41) is 7.63. The summed E-state index contributed by atoms with van der Waals surface area (Å²) in [6.07, 6.45) is 3.11. The third-order valence-corrected chi connectivity index (χ3v) is 3.55. The molecular weight excluding hydrogens is 266 g/mol. The molecule has 1 aromatic carbocycles. The number of ether oxygens (including phenoxy) is 2. The van der Waals surface area contributed by atoms with Gasteiger partial charge in [-0.1, -0.05) is 0 Å². The van der Waals surface area contributed by atoms with Crippen molar-refractivity contribution in [1.82, 2.24) is 9.78 Å². The van der Waals surface area contributed by atoms with Crippen molar-refractivity contribution >= 4 is 5.82 Å². The molecule has 5 nitrogen and oxygen atoms in total. The van der Waals surface area contributed by atoms with Gasteiger partial charge in [-0.25, -0.2) is 0 Å². The molecule has 1 N–H and O–H groups in total. The van der Waals surface area contributed by atoms with E-state index in [1.807, 2.05) is 26.2 Å². The molecule has 0 saturated heterocycles. The van der Waals surface area contributed by atoms with Crippen molar-refractivity contribution in [2.45, 2.75) is 32.9 Å². The minimum absolute atomic E-state index is 0.244. The molecule has 1 unspecified atom stereocenters. The van der Waals surface area contributed by atoms with Crippen LogP contribution in [0.25, 0.3) is 0 Å². The van der Waals surface area contributed by atoms with Gasteiger partial charge in [0.15, 0.2) is 0 Å². The monoisotopic (exact) mass is 287 g/mol. The average Bonchev–Trinajstić information content (AvgIpc) is 3.01. The number of anilines is 1. The van der Waals surface area contributed by atoms with Crippen LogP contribution in [0.5, 0.6) is 11.5 Å². The Morgan fingerprint density at radius 2 is 2.33 bits per heavy atom. The van der Waals surface area contributed by atoms with Crippen molar-refractivity contribution in [1.29, 1.82) is 0 Å². The van der Waals surface area contributed by atoms with Crippen LogP contribution in [0.4, 0.5) is 5.82 Å². The van der Waals surface area contributed by atoms with E-state index in [-0.39, 0.29) is 6.10 Å². The van der Waals surface area contributed by atoms with Crippen molar-refractivity contribution in [3.05, 3.63) is 35.5 Å². The molecular formula is C16H21N3O2. The molecule has 2 heterocycles. The lowest BCUT2D eigenvalue weighted by Crippen LogP contribution is -2.05. The van der Waals surface area contributed by atoms with Crippen LogP contribution in [0.1, 0.15) is 25.0 Å².